The van der Waals surface area contributed by atoms with Crippen molar-refractivity contribution in [3.63, 3.8) is 0 Å². The number of rotatable bonds is 4. The van der Waals surface area contributed by atoms with Crippen molar-refractivity contribution in [1.29, 1.82) is 0 Å². The minimum atomic E-state index is -0.373. The monoisotopic (exact) mass is 342 g/mol. The van der Waals surface area contributed by atoms with Crippen LogP contribution in [-0.2, 0) is 0 Å². The number of urea groups is 1. The van der Waals surface area contributed by atoms with Crippen LogP contribution < -0.4 is 5.32 Å². The molecule has 1 aromatic carbocycles. The van der Waals surface area contributed by atoms with Crippen LogP contribution in [0, 0.1) is 23.6 Å². The maximum absolute atomic E-state index is 13.9. The normalized spacial score (nSPS) is 28.3. The Labute approximate surface area is 149 Å². The van der Waals surface area contributed by atoms with Crippen LogP contribution in [0.4, 0.5) is 14.9 Å². The summed E-state index contributed by atoms with van der Waals surface area (Å²) in [6.07, 6.45) is 12.9. The summed E-state index contributed by atoms with van der Waals surface area (Å²) in [6, 6.07) is 6.58. The third-order valence-electron chi connectivity index (χ3n) is 6.24. The number of amides is 2. The molecule has 0 radical (unpaired) electrons. The topological polar surface area (TPSA) is 32.3 Å². The molecule has 3 aliphatic carbocycles. The fourth-order valence-electron chi connectivity index (χ4n) is 4.90. The van der Waals surface area contributed by atoms with Gasteiger partial charge in [-0.05, 0) is 55.6 Å². The molecule has 0 aliphatic heterocycles. The van der Waals surface area contributed by atoms with Gasteiger partial charge in [-0.25, -0.2) is 9.18 Å². The highest BCUT2D eigenvalue weighted by Gasteiger charge is 2.38. The maximum atomic E-state index is 13.9. The highest BCUT2D eigenvalue weighted by atomic mass is 19.1. The Hall–Kier alpha value is -1.84. The van der Waals surface area contributed by atoms with E-state index in [0.29, 0.717) is 23.8 Å². The molecule has 3 unspecified atom stereocenters. The van der Waals surface area contributed by atoms with Gasteiger partial charge in [0.25, 0.3) is 0 Å². The maximum Gasteiger partial charge on any atom is 0.322 e. The number of para-hydroxylation sites is 1. The van der Waals surface area contributed by atoms with Crippen LogP contribution in [0.5, 0.6) is 0 Å². The van der Waals surface area contributed by atoms with E-state index >= 15 is 0 Å². The number of nitrogens with zero attached hydrogens (tertiary/aromatic N) is 1. The summed E-state index contributed by atoms with van der Waals surface area (Å²) >= 11 is 0. The second-order valence-corrected chi connectivity index (χ2v) is 7.89. The summed E-state index contributed by atoms with van der Waals surface area (Å²) in [5.74, 6) is 1.51. The zero-order valence-electron chi connectivity index (χ0n) is 14.7. The van der Waals surface area contributed by atoms with E-state index in [1.165, 1.54) is 38.2 Å². The fourth-order valence-corrected chi connectivity index (χ4v) is 4.90. The minimum absolute atomic E-state index is 0.135. The number of benzene rings is 1. The van der Waals surface area contributed by atoms with Crippen LogP contribution in [0.15, 0.2) is 36.4 Å². The van der Waals surface area contributed by atoms with Gasteiger partial charge < -0.3 is 10.2 Å². The van der Waals surface area contributed by atoms with Crippen molar-refractivity contribution in [2.75, 3.05) is 11.9 Å². The van der Waals surface area contributed by atoms with E-state index in [9.17, 15) is 9.18 Å². The number of carbonyl (C=O) groups excluding carboxylic acids is 1. The van der Waals surface area contributed by atoms with E-state index in [4.69, 9.17) is 0 Å². The summed E-state index contributed by atoms with van der Waals surface area (Å²) in [5, 5.41) is 2.82. The van der Waals surface area contributed by atoms with Crippen LogP contribution in [-0.4, -0.2) is 23.5 Å². The molecule has 2 bridgehead atoms. The van der Waals surface area contributed by atoms with E-state index in [2.05, 4.69) is 17.5 Å². The first-order valence-corrected chi connectivity index (χ1v) is 9.71. The van der Waals surface area contributed by atoms with Crippen molar-refractivity contribution in [3.05, 3.63) is 42.2 Å². The molecular weight excluding hydrogens is 315 g/mol. The first kappa shape index (κ1) is 16.6. The van der Waals surface area contributed by atoms with Gasteiger partial charge in [-0.3, -0.25) is 0 Å². The van der Waals surface area contributed by atoms with Crippen molar-refractivity contribution in [3.8, 4) is 0 Å². The Bertz CT molecular complexity index is 653. The summed E-state index contributed by atoms with van der Waals surface area (Å²) in [5.41, 5.74) is 0.279. The SMILES string of the molecule is O=C(Nc1ccccc1F)N(CC1CC2C=CC1C2)C1CCCCC1. The predicted molar refractivity (Wildman–Crippen MR) is 97.8 cm³/mol. The van der Waals surface area contributed by atoms with Crippen LogP contribution in [0.3, 0.4) is 0 Å². The number of anilines is 1. The molecule has 0 saturated heterocycles. The van der Waals surface area contributed by atoms with Gasteiger partial charge in [0, 0.05) is 12.6 Å². The van der Waals surface area contributed by atoms with Crippen molar-refractivity contribution in [2.45, 2.75) is 51.0 Å². The number of carbonyl (C=O) groups is 1. The number of halogens is 1. The van der Waals surface area contributed by atoms with Gasteiger partial charge in [0.2, 0.25) is 0 Å². The molecule has 3 nitrogen and oxygen atoms in total. The number of hydrogen-bond acceptors (Lipinski definition) is 1. The summed E-state index contributed by atoms with van der Waals surface area (Å²) in [6.45, 7) is 0.802. The zero-order valence-corrected chi connectivity index (χ0v) is 14.7. The number of nitrogens with one attached hydrogen (secondary N) is 1. The summed E-state index contributed by atoms with van der Waals surface area (Å²) in [7, 11) is 0. The van der Waals surface area contributed by atoms with Gasteiger partial charge in [0.05, 0.1) is 5.69 Å². The predicted octanol–water partition coefficient (Wildman–Crippen LogP) is 5.20. The molecule has 134 valence electrons. The zero-order chi connectivity index (χ0) is 17.2. The third kappa shape index (κ3) is 3.58. The lowest BCUT2D eigenvalue weighted by Crippen LogP contribution is -2.46. The number of allylic oxidation sites excluding steroid dienone is 2. The molecule has 3 atom stereocenters. The highest BCUT2D eigenvalue weighted by molar-refractivity contribution is 5.89. The van der Waals surface area contributed by atoms with E-state index in [1.54, 1.807) is 18.2 Å². The van der Waals surface area contributed by atoms with E-state index in [-0.39, 0.29) is 17.5 Å². The molecule has 4 heteroatoms. The second kappa shape index (κ2) is 7.19. The Morgan fingerprint density at radius 3 is 2.60 bits per heavy atom. The summed E-state index contributed by atoms with van der Waals surface area (Å²) < 4.78 is 13.9. The quantitative estimate of drug-likeness (QED) is 0.749. The summed E-state index contributed by atoms with van der Waals surface area (Å²) in [4.78, 5) is 15.0. The van der Waals surface area contributed by atoms with Crippen LogP contribution in [0.25, 0.3) is 0 Å². The molecule has 0 aromatic heterocycles. The molecule has 25 heavy (non-hydrogen) atoms. The Morgan fingerprint density at radius 2 is 1.92 bits per heavy atom. The van der Waals surface area contributed by atoms with E-state index < -0.39 is 0 Å². The molecule has 2 amide bonds. The Kier molecular flexibility index (Phi) is 4.78. The second-order valence-electron chi connectivity index (χ2n) is 7.89. The van der Waals surface area contributed by atoms with Crippen LogP contribution in [0.1, 0.15) is 44.9 Å². The lowest BCUT2D eigenvalue weighted by atomic mass is 9.90. The average molecular weight is 342 g/mol. The minimum Gasteiger partial charge on any atom is -0.321 e. The van der Waals surface area contributed by atoms with Crippen LogP contribution in [0.2, 0.25) is 0 Å². The van der Waals surface area contributed by atoms with Crippen LogP contribution >= 0.6 is 0 Å². The van der Waals surface area contributed by atoms with E-state index in [1.807, 2.05) is 4.90 Å². The number of fused-ring (bicyclic) bond motifs is 2. The van der Waals surface area contributed by atoms with Gasteiger partial charge in [-0.15, -0.1) is 0 Å². The lowest BCUT2D eigenvalue weighted by Gasteiger charge is -2.37. The Balaban J connectivity index is 1.49. The third-order valence-corrected chi connectivity index (χ3v) is 6.24. The van der Waals surface area contributed by atoms with Gasteiger partial charge in [0.15, 0.2) is 0 Å². The molecule has 2 saturated carbocycles. The Morgan fingerprint density at radius 1 is 1.12 bits per heavy atom. The molecular formula is C21H27FN2O. The highest BCUT2D eigenvalue weighted by Crippen LogP contribution is 2.44. The lowest BCUT2D eigenvalue weighted by molar-refractivity contribution is 0.147. The molecule has 1 N–H and O–H groups in total. The molecule has 0 spiro atoms. The molecule has 3 aliphatic rings. The molecule has 0 heterocycles. The fraction of sp³-hybridized carbons (Fsp3) is 0.571. The van der Waals surface area contributed by atoms with Crippen molar-refractivity contribution in [1.82, 2.24) is 4.90 Å². The van der Waals surface area contributed by atoms with Gasteiger partial charge in [0.1, 0.15) is 5.82 Å². The molecule has 2 fully saturated rings. The largest absolute Gasteiger partial charge is 0.322 e. The van der Waals surface area contributed by atoms with Gasteiger partial charge in [-0.2, -0.15) is 0 Å². The van der Waals surface area contributed by atoms with Crippen molar-refractivity contribution < 1.29 is 9.18 Å². The standard InChI is InChI=1S/C21H27FN2O/c22-19-8-4-5-9-20(19)23-21(25)24(18-6-2-1-3-7-18)14-17-13-15-10-11-16(17)12-15/h4-5,8-11,15-18H,1-3,6-7,12-14H2,(H,23,25). The number of hydrogen-bond donors (Lipinski definition) is 1. The molecule has 4 rings (SSSR count). The molecule has 1 aromatic rings. The first-order chi connectivity index (χ1) is 12.2. The smallest absolute Gasteiger partial charge is 0.321 e. The average Bonchev–Trinajstić information content (AvgIpc) is 3.25. The van der Waals surface area contributed by atoms with Gasteiger partial charge >= 0.3 is 6.03 Å². The van der Waals surface area contributed by atoms with Crippen molar-refractivity contribution >= 4 is 11.7 Å². The van der Waals surface area contributed by atoms with E-state index in [0.717, 1.165) is 19.4 Å². The first-order valence-electron chi connectivity index (χ1n) is 9.71. The van der Waals surface area contributed by atoms with Gasteiger partial charge in [-0.1, -0.05) is 43.5 Å². The van der Waals surface area contributed by atoms with Crippen molar-refractivity contribution in [2.24, 2.45) is 17.8 Å².